The SMILES string of the molecule is O=C1CC(c2ccccc2)Oc2cc(OCC(=O)N3CCC(C(=O)O)CC3)cc(O)c21. The third-order valence-electron chi connectivity index (χ3n) is 5.70. The minimum absolute atomic E-state index is 0.113. The summed E-state index contributed by atoms with van der Waals surface area (Å²) in [6.07, 6.45) is 0.484. The summed E-state index contributed by atoms with van der Waals surface area (Å²) in [5, 5.41) is 19.4. The number of carbonyl (C=O) groups excluding carboxylic acids is 2. The second-order valence-electron chi connectivity index (χ2n) is 7.74. The molecule has 1 atom stereocenters. The number of piperidine rings is 1. The molecule has 0 saturated carbocycles. The summed E-state index contributed by atoms with van der Waals surface area (Å²) < 4.78 is 11.5. The van der Waals surface area contributed by atoms with Gasteiger partial charge in [-0.25, -0.2) is 0 Å². The Kier molecular flexibility index (Phi) is 5.79. The molecular formula is C23H23NO7. The lowest BCUT2D eigenvalue weighted by molar-refractivity contribution is -0.146. The third-order valence-corrected chi connectivity index (χ3v) is 5.70. The molecule has 1 amide bonds. The number of amides is 1. The van der Waals surface area contributed by atoms with Crippen LogP contribution >= 0.6 is 0 Å². The molecule has 0 bridgehead atoms. The number of ether oxygens (including phenoxy) is 2. The van der Waals surface area contributed by atoms with Gasteiger partial charge in [0, 0.05) is 25.2 Å². The molecule has 2 N–H and O–H groups in total. The van der Waals surface area contributed by atoms with E-state index in [1.165, 1.54) is 12.1 Å². The van der Waals surface area contributed by atoms with Crippen molar-refractivity contribution in [2.24, 2.45) is 5.92 Å². The Labute approximate surface area is 179 Å². The summed E-state index contributed by atoms with van der Waals surface area (Å²) in [4.78, 5) is 37.6. The summed E-state index contributed by atoms with van der Waals surface area (Å²) in [5.74, 6) is -1.57. The predicted octanol–water partition coefficient (Wildman–Crippen LogP) is 2.80. The molecule has 0 radical (unpaired) electrons. The highest BCUT2D eigenvalue weighted by atomic mass is 16.5. The van der Waals surface area contributed by atoms with E-state index in [2.05, 4.69) is 0 Å². The van der Waals surface area contributed by atoms with Gasteiger partial charge < -0.3 is 24.6 Å². The van der Waals surface area contributed by atoms with Crippen LogP contribution in [0.3, 0.4) is 0 Å². The monoisotopic (exact) mass is 425 g/mol. The first-order valence-electron chi connectivity index (χ1n) is 10.2. The second kappa shape index (κ2) is 8.67. The molecule has 1 saturated heterocycles. The number of ketones is 1. The predicted molar refractivity (Wildman–Crippen MR) is 109 cm³/mol. The zero-order valence-electron chi connectivity index (χ0n) is 16.8. The van der Waals surface area contributed by atoms with Crippen molar-refractivity contribution < 1.29 is 34.1 Å². The molecule has 2 heterocycles. The number of carboxylic acids is 1. The molecule has 8 heteroatoms. The Hall–Kier alpha value is -3.55. The minimum atomic E-state index is -0.837. The number of likely N-dealkylation sites (tertiary alicyclic amines) is 1. The van der Waals surface area contributed by atoms with Gasteiger partial charge in [0.15, 0.2) is 12.4 Å². The number of benzene rings is 2. The van der Waals surface area contributed by atoms with E-state index in [0.29, 0.717) is 25.9 Å². The second-order valence-corrected chi connectivity index (χ2v) is 7.74. The first-order valence-corrected chi connectivity index (χ1v) is 10.2. The number of aliphatic carboxylic acids is 1. The van der Waals surface area contributed by atoms with E-state index in [1.807, 2.05) is 30.3 Å². The maximum atomic E-state index is 12.6. The molecule has 2 aliphatic heterocycles. The van der Waals surface area contributed by atoms with Crippen LogP contribution in [0.25, 0.3) is 0 Å². The summed E-state index contributed by atoms with van der Waals surface area (Å²) in [6.45, 7) is 0.474. The summed E-state index contributed by atoms with van der Waals surface area (Å²) in [7, 11) is 0. The molecule has 8 nitrogen and oxygen atoms in total. The Morgan fingerprint density at radius 1 is 1.13 bits per heavy atom. The number of fused-ring (bicyclic) bond motifs is 1. The molecule has 0 aliphatic carbocycles. The highest BCUT2D eigenvalue weighted by Crippen LogP contribution is 2.41. The Morgan fingerprint density at radius 3 is 2.52 bits per heavy atom. The molecule has 2 aromatic rings. The van der Waals surface area contributed by atoms with E-state index in [-0.39, 0.29) is 47.5 Å². The number of nitrogens with zero attached hydrogens (tertiary/aromatic N) is 1. The molecule has 2 aliphatic rings. The molecule has 0 aromatic heterocycles. The van der Waals surface area contributed by atoms with Crippen LogP contribution in [-0.2, 0) is 9.59 Å². The van der Waals surface area contributed by atoms with Crippen molar-refractivity contribution in [3.05, 3.63) is 53.6 Å². The number of phenolic OH excluding ortho intramolecular Hbond substituents is 1. The zero-order chi connectivity index (χ0) is 22.0. The normalized spacial score (nSPS) is 18.8. The first kappa shape index (κ1) is 20.7. The molecule has 2 aromatic carbocycles. The van der Waals surface area contributed by atoms with E-state index in [4.69, 9.17) is 14.6 Å². The van der Waals surface area contributed by atoms with Gasteiger partial charge in [-0.3, -0.25) is 14.4 Å². The van der Waals surface area contributed by atoms with Crippen molar-refractivity contribution in [2.45, 2.75) is 25.4 Å². The van der Waals surface area contributed by atoms with Crippen molar-refractivity contribution in [1.82, 2.24) is 4.90 Å². The summed E-state index contributed by atoms with van der Waals surface area (Å²) in [5.41, 5.74) is 0.967. The van der Waals surface area contributed by atoms with Gasteiger partial charge in [0.05, 0.1) is 12.3 Å². The van der Waals surface area contributed by atoms with Crippen LogP contribution in [0.15, 0.2) is 42.5 Å². The van der Waals surface area contributed by atoms with Crippen LogP contribution in [0.4, 0.5) is 0 Å². The third kappa shape index (κ3) is 4.47. The lowest BCUT2D eigenvalue weighted by atomic mass is 9.95. The molecular weight excluding hydrogens is 402 g/mol. The number of hydrogen-bond donors (Lipinski definition) is 2. The van der Waals surface area contributed by atoms with E-state index in [9.17, 15) is 19.5 Å². The lowest BCUT2D eigenvalue weighted by Crippen LogP contribution is -2.42. The average Bonchev–Trinajstić information content (AvgIpc) is 2.77. The number of phenols is 1. The lowest BCUT2D eigenvalue weighted by Gasteiger charge is -2.30. The number of carbonyl (C=O) groups is 3. The van der Waals surface area contributed by atoms with Gasteiger partial charge in [-0.05, 0) is 18.4 Å². The number of aromatic hydroxyl groups is 1. The van der Waals surface area contributed by atoms with E-state index in [0.717, 1.165) is 5.56 Å². The van der Waals surface area contributed by atoms with Crippen LogP contribution in [0.1, 0.15) is 41.3 Å². The van der Waals surface area contributed by atoms with Crippen molar-refractivity contribution >= 4 is 17.7 Å². The summed E-state index contributed by atoms with van der Waals surface area (Å²) >= 11 is 0. The van der Waals surface area contributed by atoms with E-state index < -0.39 is 18.0 Å². The van der Waals surface area contributed by atoms with Crippen LogP contribution in [-0.4, -0.2) is 52.5 Å². The van der Waals surface area contributed by atoms with Gasteiger partial charge in [-0.2, -0.15) is 0 Å². The largest absolute Gasteiger partial charge is 0.507 e. The molecule has 162 valence electrons. The Morgan fingerprint density at radius 2 is 1.84 bits per heavy atom. The van der Waals surface area contributed by atoms with Crippen molar-refractivity contribution in [1.29, 1.82) is 0 Å². The molecule has 1 fully saturated rings. The van der Waals surface area contributed by atoms with Crippen LogP contribution in [0, 0.1) is 5.92 Å². The van der Waals surface area contributed by atoms with Crippen LogP contribution in [0.5, 0.6) is 17.2 Å². The fourth-order valence-corrected chi connectivity index (χ4v) is 3.96. The van der Waals surface area contributed by atoms with Gasteiger partial charge in [0.25, 0.3) is 5.91 Å². The van der Waals surface area contributed by atoms with E-state index >= 15 is 0 Å². The molecule has 31 heavy (non-hydrogen) atoms. The number of rotatable bonds is 5. The van der Waals surface area contributed by atoms with Crippen LogP contribution in [0.2, 0.25) is 0 Å². The van der Waals surface area contributed by atoms with Gasteiger partial charge in [-0.1, -0.05) is 30.3 Å². The smallest absolute Gasteiger partial charge is 0.306 e. The highest BCUT2D eigenvalue weighted by Gasteiger charge is 2.31. The van der Waals surface area contributed by atoms with Gasteiger partial charge in [0.1, 0.15) is 28.9 Å². The fraction of sp³-hybridized carbons (Fsp3) is 0.348. The van der Waals surface area contributed by atoms with Gasteiger partial charge in [-0.15, -0.1) is 0 Å². The maximum absolute atomic E-state index is 12.6. The van der Waals surface area contributed by atoms with Crippen molar-refractivity contribution in [3.63, 3.8) is 0 Å². The molecule has 0 spiro atoms. The van der Waals surface area contributed by atoms with Crippen molar-refractivity contribution in [3.8, 4) is 17.2 Å². The standard InChI is InChI=1S/C23H23NO7/c25-17-10-16(30-13-21(27)24-8-6-15(7-9-24)23(28)29)11-20-22(17)18(26)12-19(31-20)14-4-2-1-3-5-14/h1-5,10-11,15,19,25H,6-9,12-13H2,(H,28,29). The zero-order valence-corrected chi connectivity index (χ0v) is 16.8. The van der Waals surface area contributed by atoms with Crippen LogP contribution < -0.4 is 9.47 Å². The quantitative estimate of drug-likeness (QED) is 0.757. The van der Waals surface area contributed by atoms with Gasteiger partial charge >= 0.3 is 5.97 Å². The van der Waals surface area contributed by atoms with Crippen molar-refractivity contribution in [2.75, 3.05) is 19.7 Å². The summed E-state index contributed by atoms with van der Waals surface area (Å²) in [6, 6.07) is 12.1. The Bertz CT molecular complexity index is 996. The number of carboxylic acid groups (broad SMARTS) is 1. The van der Waals surface area contributed by atoms with Gasteiger partial charge in [0.2, 0.25) is 0 Å². The highest BCUT2D eigenvalue weighted by molar-refractivity contribution is 6.02. The number of Topliss-reactive ketones (excluding diaryl/α,β-unsaturated/α-hetero) is 1. The minimum Gasteiger partial charge on any atom is -0.507 e. The fourth-order valence-electron chi connectivity index (χ4n) is 3.96. The maximum Gasteiger partial charge on any atom is 0.306 e. The molecule has 1 unspecified atom stereocenters. The Balaban J connectivity index is 1.43. The average molecular weight is 425 g/mol. The first-order chi connectivity index (χ1) is 14.9. The molecule has 4 rings (SSSR count). The topological polar surface area (TPSA) is 113 Å². The van der Waals surface area contributed by atoms with E-state index in [1.54, 1.807) is 4.90 Å². The number of hydrogen-bond acceptors (Lipinski definition) is 6.